The van der Waals surface area contributed by atoms with E-state index in [0.717, 1.165) is 0 Å². The number of hydrogen-bond donors (Lipinski definition) is 0. The summed E-state index contributed by atoms with van der Waals surface area (Å²) in [6, 6.07) is 3.42. The topological polar surface area (TPSA) is 39.2 Å². The molecule has 0 aliphatic heterocycles. The van der Waals surface area contributed by atoms with E-state index in [4.69, 9.17) is 4.74 Å². The van der Waals surface area contributed by atoms with Crippen molar-refractivity contribution in [1.82, 2.24) is 4.98 Å². The zero-order valence-electron chi connectivity index (χ0n) is 6.69. The fourth-order valence-corrected chi connectivity index (χ4v) is 0.611. The number of pyridine rings is 1. The van der Waals surface area contributed by atoms with Gasteiger partial charge in [0.2, 0.25) is 0 Å². The highest BCUT2D eigenvalue weighted by Gasteiger charge is 1.98. The third-order valence-electron chi connectivity index (χ3n) is 1.15. The Morgan fingerprint density at radius 1 is 1.67 bits per heavy atom. The largest absolute Gasteiger partial charge is 0.425 e. The van der Waals surface area contributed by atoms with Gasteiger partial charge in [-0.3, -0.25) is 9.78 Å². The first-order chi connectivity index (χ1) is 5.33. The molecule has 0 aliphatic carbocycles. The summed E-state index contributed by atoms with van der Waals surface area (Å²) in [5.74, 6) is 0.261. The molecule has 0 unspecified atom stereocenters. The van der Waals surface area contributed by atoms with Crippen LogP contribution in [0.2, 0.25) is 0 Å². The molecule has 4 heteroatoms. The van der Waals surface area contributed by atoms with Gasteiger partial charge >= 0.3 is 5.97 Å². The van der Waals surface area contributed by atoms with Gasteiger partial charge in [-0.05, 0) is 12.1 Å². The van der Waals surface area contributed by atoms with Crippen LogP contribution in [-0.2, 0) is 4.79 Å². The molecule has 0 aliphatic rings. The van der Waals surface area contributed by atoms with E-state index >= 15 is 0 Å². The highest BCUT2D eigenvalue weighted by atomic mass is 35.5. The summed E-state index contributed by atoms with van der Waals surface area (Å²) in [5.41, 5.74) is 0. The number of carbonyl (C=O) groups is 1. The molecule has 0 fully saturated rings. The van der Waals surface area contributed by atoms with Crippen molar-refractivity contribution in [2.75, 3.05) is 0 Å². The number of ether oxygens (including phenoxy) is 1. The molecule has 0 aromatic carbocycles. The van der Waals surface area contributed by atoms with Gasteiger partial charge in [-0.15, -0.1) is 12.4 Å². The van der Waals surface area contributed by atoms with Crippen LogP contribution in [0.3, 0.4) is 0 Å². The monoisotopic (exact) mass is 187 g/mol. The van der Waals surface area contributed by atoms with Crippen LogP contribution in [0, 0.1) is 0 Å². The second-order valence-corrected chi connectivity index (χ2v) is 2.02. The van der Waals surface area contributed by atoms with Crippen LogP contribution in [0.4, 0.5) is 0 Å². The Kier molecular flexibility index (Phi) is 5.04. The molecule has 0 saturated carbocycles. The van der Waals surface area contributed by atoms with E-state index in [9.17, 15) is 4.79 Å². The summed E-state index contributed by atoms with van der Waals surface area (Å²) in [6.07, 6.45) is 3.52. The first kappa shape index (κ1) is 10.9. The normalized spacial score (nSPS) is 8.42. The van der Waals surface area contributed by atoms with Crippen LogP contribution < -0.4 is 4.74 Å². The van der Waals surface area contributed by atoms with Gasteiger partial charge in [-0.1, -0.05) is 6.92 Å². The summed E-state index contributed by atoms with van der Waals surface area (Å²) in [4.78, 5) is 14.5. The van der Waals surface area contributed by atoms with Crippen molar-refractivity contribution in [3.05, 3.63) is 24.5 Å². The third kappa shape index (κ3) is 3.34. The summed E-state index contributed by atoms with van der Waals surface area (Å²) >= 11 is 0. The van der Waals surface area contributed by atoms with E-state index < -0.39 is 0 Å². The Hall–Kier alpha value is -1.09. The standard InChI is InChI=1S/C8H9NO2.ClH/c1-2-8(10)11-7-4-3-5-9-6-7;/h3-6H,2H2,1H3;1H. The van der Waals surface area contributed by atoms with E-state index in [1.165, 1.54) is 6.20 Å². The van der Waals surface area contributed by atoms with Gasteiger partial charge in [0.25, 0.3) is 0 Å². The molecule has 0 radical (unpaired) electrons. The molecule has 0 atom stereocenters. The average molecular weight is 188 g/mol. The highest BCUT2D eigenvalue weighted by molar-refractivity contribution is 5.85. The van der Waals surface area contributed by atoms with Gasteiger partial charge < -0.3 is 4.74 Å². The van der Waals surface area contributed by atoms with Gasteiger partial charge in [-0.25, -0.2) is 0 Å². The Morgan fingerprint density at radius 3 is 2.92 bits per heavy atom. The number of hydrogen-bond acceptors (Lipinski definition) is 3. The van der Waals surface area contributed by atoms with Crippen LogP contribution in [-0.4, -0.2) is 11.0 Å². The SMILES string of the molecule is CCC(=O)Oc1cccnc1.Cl. The van der Waals surface area contributed by atoms with Crippen molar-refractivity contribution in [3.8, 4) is 5.75 Å². The average Bonchev–Trinajstić information content (AvgIpc) is 2.06. The van der Waals surface area contributed by atoms with Gasteiger partial charge in [0.1, 0.15) is 5.75 Å². The first-order valence-corrected chi connectivity index (χ1v) is 3.43. The van der Waals surface area contributed by atoms with Crippen LogP contribution in [0.5, 0.6) is 5.75 Å². The lowest BCUT2D eigenvalue weighted by Crippen LogP contribution is -2.05. The number of esters is 1. The Labute approximate surface area is 77.2 Å². The van der Waals surface area contributed by atoms with E-state index in [1.54, 1.807) is 25.3 Å². The Balaban J connectivity index is 0.00000121. The van der Waals surface area contributed by atoms with Gasteiger partial charge in [0.15, 0.2) is 0 Å². The van der Waals surface area contributed by atoms with Crippen LogP contribution >= 0.6 is 12.4 Å². The highest BCUT2D eigenvalue weighted by Crippen LogP contribution is 2.06. The molecule has 3 nitrogen and oxygen atoms in total. The predicted octanol–water partition coefficient (Wildman–Crippen LogP) is 1.82. The second kappa shape index (κ2) is 5.55. The molecular formula is C8H10ClNO2. The molecule has 0 bridgehead atoms. The van der Waals surface area contributed by atoms with Crippen molar-refractivity contribution in [2.45, 2.75) is 13.3 Å². The first-order valence-electron chi connectivity index (χ1n) is 3.43. The molecule has 1 rings (SSSR count). The van der Waals surface area contributed by atoms with Crippen molar-refractivity contribution < 1.29 is 9.53 Å². The smallest absolute Gasteiger partial charge is 0.310 e. The van der Waals surface area contributed by atoms with Crippen molar-refractivity contribution >= 4 is 18.4 Å². The minimum atomic E-state index is -0.238. The molecule has 1 aromatic heterocycles. The maximum Gasteiger partial charge on any atom is 0.310 e. The van der Waals surface area contributed by atoms with E-state index in [-0.39, 0.29) is 18.4 Å². The van der Waals surface area contributed by atoms with Crippen molar-refractivity contribution in [2.24, 2.45) is 0 Å². The number of aromatic nitrogens is 1. The molecule has 0 amide bonds. The third-order valence-corrected chi connectivity index (χ3v) is 1.15. The maximum absolute atomic E-state index is 10.7. The summed E-state index contributed by atoms with van der Waals surface area (Å²) in [7, 11) is 0. The van der Waals surface area contributed by atoms with Gasteiger partial charge in [0, 0.05) is 12.6 Å². The zero-order chi connectivity index (χ0) is 8.10. The summed E-state index contributed by atoms with van der Waals surface area (Å²) < 4.78 is 4.86. The van der Waals surface area contributed by atoms with Crippen molar-refractivity contribution in [1.29, 1.82) is 0 Å². The lowest BCUT2D eigenvalue weighted by atomic mass is 10.4. The number of carbonyl (C=O) groups excluding carboxylic acids is 1. The fourth-order valence-electron chi connectivity index (χ4n) is 0.611. The predicted molar refractivity (Wildman–Crippen MR) is 47.4 cm³/mol. The quantitative estimate of drug-likeness (QED) is 0.663. The number of nitrogens with zero attached hydrogens (tertiary/aromatic N) is 1. The molecule has 1 heterocycles. The Bertz CT molecular complexity index is 238. The van der Waals surface area contributed by atoms with E-state index in [0.29, 0.717) is 12.2 Å². The van der Waals surface area contributed by atoms with Gasteiger partial charge in [0.05, 0.1) is 6.20 Å². The van der Waals surface area contributed by atoms with E-state index in [1.807, 2.05) is 0 Å². The maximum atomic E-state index is 10.7. The van der Waals surface area contributed by atoms with Crippen molar-refractivity contribution in [3.63, 3.8) is 0 Å². The minimum absolute atomic E-state index is 0. The van der Waals surface area contributed by atoms with Crippen LogP contribution in [0.25, 0.3) is 0 Å². The second-order valence-electron chi connectivity index (χ2n) is 2.02. The molecular weight excluding hydrogens is 178 g/mol. The number of halogens is 1. The molecule has 0 N–H and O–H groups in total. The summed E-state index contributed by atoms with van der Waals surface area (Å²) in [5, 5.41) is 0. The van der Waals surface area contributed by atoms with E-state index in [2.05, 4.69) is 4.98 Å². The molecule has 66 valence electrons. The molecule has 0 saturated heterocycles. The minimum Gasteiger partial charge on any atom is -0.425 e. The molecule has 0 spiro atoms. The lowest BCUT2D eigenvalue weighted by Gasteiger charge is -1.99. The molecule has 1 aromatic rings. The molecule has 12 heavy (non-hydrogen) atoms. The van der Waals surface area contributed by atoms with Gasteiger partial charge in [-0.2, -0.15) is 0 Å². The fraction of sp³-hybridized carbons (Fsp3) is 0.250. The van der Waals surface area contributed by atoms with Crippen LogP contribution in [0.15, 0.2) is 24.5 Å². The van der Waals surface area contributed by atoms with Crippen LogP contribution in [0.1, 0.15) is 13.3 Å². The summed E-state index contributed by atoms with van der Waals surface area (Å²) in [6.45, 7) is 1.75. The Morgan fingerprint density at radius 2 is 2.42 bits per heavy atom. The zero-order valence-corrected chi connectivity index (χ0v) is 7.50. The number of rotatable bonds is 2. The lowest BCUT2D eigenvalue weighted by molar-refractivity contribution is -0.134.